The van der Waals surface area contributed by atoms with Gasteiger partial charge in [0, 0.05) is 16.7 Å². The molecule has 0 aliphatic carbocycles. The highest BCUT2D eigenvalue weighted by molar-refractivity contribution is 7.91. The van der Waals surface area contributed by atoms with Crippen molar-refractivity contribution in [2.24, 2.45) is 0 Å². The van der Waals surface area contributed by atoms with Crippen LogP contribution in [-0.4, -0.2) is 33.5 Å². The van der Waals surface area contributed by atoms with Gasteiger partial charge in [-0.15, -0.1) is 0 Å². The number of carbonyl (C=O) groups is 1. The van der Waals surface area contributed by atoms with Crippen molar-refractivity contribution in [3.05, 3.63) is 107 Å². The van der Waals surface area contributed by atoms with Gasteiger partial charge >= 0.3 is 0 Å². The Kier molecular flexibility index (Phi) is 7.61. The molecule has 8 heteroatoms. The van der Waals surface area contributed by atoms with E-state index < -0.39 is 9.84 Å². The summed E-state index contributed by atoms with van der Waals surface area (Å²) >= 11 is 0. The maximum absolute atomic E-state index is 13.0. The van der Waals surface area contributed by atoms with Crippen molar-refractivity contribution in [3.8, 4) is 23.0 Å². The first kappa shape index (κ1) is 25.9. The maximum atomic E-state index is 13.0. The lowest BCUT2D eigenvalue weighted by Gasteiger charge is -2.13. The predicted octanol–water partition coefficient (Wildman–Crippen LogP) is 5.36. The average Bonchev–Trinajstić information content (AvgIpc) is 2.93. The minimum absolute atomic E-state index is 0.141. The van der Waals surface area contributed by atoms with Crippen LogP contribution in [0.2, 0.25) is 0 Å². The van der Waals surface area contributed by atoms with E-state index in [4.69, 9.17) is 14.2 Å². The molecule has 0 aromatic heterocycles. The maximum Gasteiger partial charge on any atom is 0.206 e. The average molecular weight is 519 g/mol. The molecule has 7 nitrogen and oxygen atoms in total. The number of aryl methyl sites for hydroxylation is 1. The summed E-state index contributed by atoms with van der Waals surface area (Å²) in [6, 6.07) is 22.3. The van der Waals surface area contributed by atoms with Crippen LogP contribution in [0.15, 0.2) is 94.7 Å². The van der Waals surface area contributed by atoms with Crippen molar-refractivity contribution < 1.29 is 32.5 Å². The standard InChI is InChI=1S/C29H26O7S/c1-19-4-10-24(11-5-19)37(32,33)25-12-8-23(9-13-25)36-26-14-6-20(16-22(26)18-30)29(31)21-7-15-27(34-2)28(17-21)35-3/h4-17,30H,18H2,1-3H3. The summed E-state index contributed by atoms with van der Waals surface area (Å²) < 4.78 is 42.2. The van der Waals surface area contributed by atoms with E-state index in [1.54, 1.807) is 72.8 Å². The predicted molar refractivity (Wildman–Crippen MR) is 138 cm³/mol. The van der Waals surface area contributed by atoms with Crippen molar-refractivity contribution in [1.82, 2.24) is 0 Å². The summed E-state index contributed by atoms with van der Waals surface area (Å²) in [5.41, 5.74) is 2.14. The minimum atomic E-state index is -3.66. The Hall–Kier alpha value is -4.14. The van der Waals surface area contributed by atoms with Crippen molar-refractivity contribution >= 4 is 15.6 Å². The molecule has 4 aromatic carbocycles. The number of methoxy groups -OCH3 is 2. The van der Waals surface area contributed by atoms with Crippen LogP contribution in [0.3, 0.4) is 0 Å². The minimum Gasteiger partial charge on any atom is -0.493 e. The lowest BCUT2D eigenvalue weighted by atomic mass is 10.0. The molecule has 0 saturated carbocycles. The number of aliphatic hydroxyl groups is 1. The summed E-state index contributed by atoms with van der Waals surface area (Å²) in [5, 5.41) is 9.91. The van der Waals surface area contributed by atoms with Crippen LogP contribution in [0, 0.1) is 6.92 Å². The highest BCUT2D eigenvalue weighted by Gasteiger charge is 2.18. The number of carbonyl (C=O) groups excluding carboxylic acids is 1. The Bertz CT molecular complexity index is 1520. The third kappa shape index (κ3) is 5.50. The van der Waals surface area contributed by atoms with E-state index in [1.165, 1.54) is 26.4 Å². The molecule has 0 unspecified atom stereocenters. The van der Waals surface area contributed by atoms with Gasteiger partial charge in [0.25, 0.3) is 0 Å². The first-order valence-corrected chi connectivity index (χ1v) is 12.9. The molecule has 0 atom stereocenters. The molecule has 0 saturated heterocycles. The van der Waals surface area contributed by atoms with E-state index in [0.717, 1.165) is 5.56 Å². The zero-order valence-corrected chi connectivity index (χ0v) is 21.4. The Morgan fingerprint density at radius 2 is 1.27 bits per heavy atom. The number of ether oxygens (including phenoxy) is 3. The normalized spacial score (nSPS) is 11.1. The monoisotopic (exact) mass is 518 g/mol. The fraction of sp³-hybridized carbons (Fsp3) is 0.138. The van der Waals surface area contributed by atoms with Gasteiger partial charge in [-0.25, -0.2) is 8.42 Å². The van der Waals surface area contributed by atoms with Crippen LogP contribution in [0.1, 0.15) is 27.0 Å². The van der Waals surface area contributed by atoms with Crippen molar-refractivity contribution in [2.75, 3.05) is 14.2 Å². The van der Waals surface area contributed by atoms with E-state index in [1.807, 2.05) is 6.92 Å². The number of aliphatic hydroxyl groups excluding tert-OH is 1. The van der Waals surface area contributed by atoms with Crippen LogP contribution < -0.4 is 14.2 Å². The topological polar surface area (TPSA) is 99.1 Å². The molecule has 0 heterocycles. The summed E-state index contributed by atoms with van der Waals surface area (Å²) in [5.74, 6) is 1.42. The van der Waals surface area contributed by atoms with Crippen molar-refractivity contribution in [1.29, 1.82) is 0 Å². The molecule has 0 aliphatic heterocycles. The smallest absolute Gasteiger partial charge is 0.206 e. The molecule has 0 fully saturated rings. The fourth-order valence-electron chi connectivity index (χ4n) is 3.76. The Morgan fingerprint density at radius 1 is 0.730 bits per heavy atom. The van der Waals surface area contributed by atoms with Gasteiger partial charge in [-0.3, -0.25) is 4.79 Å². The van der Waals surface area contributed by atoms with Gasteiger partial charge in [0.1, 0.15) is 11.5 Å². The Balaban J connectivity index is 1.55. The number of hydrogen-bond acceptors (Lipinski definition) is 7. The molecule has 1 N–H and O–H groups in total. The van der Waals surface area contributed by atoms with Gasteiger partial charge in [-0.05, 0) is 79.7 Å². The SMILES string of the molecule is COc1ccc(C(=O)c2ccc(Oc3ccc(S(=O)(=O)c4ccc(C)cc4)cc3)c(CO)c2)cc1OC. The molecule has 37 heavy (non-hydrogen) atoms. The third-order valence-electron chi connectivity index (χ3n) is 5.83. The molecule has 0 radical (unpaired) electrons. The van der Waals surface area contributed by atoms with Gasteiger partial charge in [-0.2, -0.15) is 0 Å². The second kappa shape index (κ2) is 10.9. The molecule has 190 valence electrons. The summed E-state index contributed by atoms with van der Waals surface area (Å²) in [6.07, 6.45) is 0. The van der Waals surface area contributed by atoms with Crippen LogP contribution >= 0.6 is 0 Å². The van der Waals surface area contributed by atoms with Crippen LogP contribution in [0.5, 0.6) is 23.0 Å². The Labute approximate surface area is 215 Å². The van der Waals surface area contributed by atoms with Crippen LogP contribution in [0.4, 0.5) is 0 Å². The van der Waals surface area contributed by atoms with E-state index >= 15 is 0 Å². The summed E-state index contributed by atoms with van der Waals surface area (Å²) in [7, 11) is -0.650. The quantitative estimate of drug-likeness (QED) is 0.298. The largest absolute Gasteiger partial charge is 0.493 e. The van der Waals surface area contributed by atoms with E-state index in [9.17, 15) is 18.3 Å². The third-order valence-corrected chi connectivity index (χ3v) is 7.62. The lowest BCUT2D eigenvalue weighted by molar-refractivity contribution is 0.103. The van der Waals surface area contributed by atoms with E-state index in [2.05, 4.69) is 0 Å². The molecule has 4 rings (SSSR count). The molecular weight excluding hydrogens is 492 g/mol. The molecule has 0 aliphatic rings. The van der Waals surface area contributed by atoms with Gasteiger partial charge in [-0.1, -0.05) is 17.7 Å². The second-order valence-electron chi connectivity index (χ2n) is 8.27. The van der Waals surface area contributed by atoms with Gasteiger partial charge in [0.2, 0.25) is 9.84 Å². The Morgan fingerprint density at radius 3 is 1.84 bits per heavy atom. The van der Waals surface area contributed by atoms with Crippen molar-refractivity contribution in [2.45, 2.75) is 23.3 Å². The van der Waals surface area contributed by atoms with E-state index in [0.29, 0.717) is 39.7 Å². The number of sulfone groups is 1. The van der Waals surface area contributed by atoms with Gasteiger partial charge in [0.05, 0.1) is 30.6 Å². The first-order chi connectivity index (χ1) is 17.8. The number of rotatable bonds is 9. The second-order valence-corrected chi connectivity index (χ2v) is 10.2. The molecule has 0 spiro atoms. The zero-order chi connectivity index (χ0) is 26.6. The summed E-state index contributed by atoms with van der Waals surface area (Å²) in [4.78, 5) is 13.4. The van der Waals surface area contributed by atoms with Crippen LogP contribution in [0.25, 0.3) is 0 Å². The fourth-order valence-corrected chi connectivity index (χ4v) is 5.02. The van der Waals surface area contributed by atoms with Crippen molar-refractivity contribution in [3.63, 3.8) is 0 Å². The number of hydrogen-bond donors (Lipinski definition) is 1. The van der Waals surface area contributed by atoms with Gasteiger partial charge < -0.3 is 19.3 Å². The number of ketones is 1. The van der Waals surface area contributed by atoms with Crippen LogP contribution in [-0.2, 0) is 16.4 Å². The molecule has 0 amide bonds. The molecule has 0 bridgehead atoms. The number of benzene rings is 4. The molecular formula is C29H26O7S. The first-order valence-electron chi connectivity index (χ1n) is 11.4. The highest BCUT2D eigenvalue weighted by Crippen LogP contribution is 2.31. The highest BCUT2D eigenvalue weighted by atomic mass is 32.2. The lowest BCUT2D eigenvalue weighted by Crippen LogP contribution is -2.04. The van der Waals surface area contributed by atoms with E-state index in [-0.39, 0.29) is 22.2 Å². The van der Waals surface area contributed by atoms with Gasteiger partial charge in [0.15, 0.2) is 17.3 Å². The molecule has 4 aromatic rings. The zero-order valence-electron chi connectivity index (χ0n) is 20.6. The summed E-state index contributed by atoms with van der Waals surface area (Å²) in [6.45, 7) is 1.53.